The van der Waals surface area contributed by atoms with Gasteiger partial charge in [0, 0.05) is 37.2 Å². The lowest BCUT2D eigenvalue weighted by atomic mass is 10.1. The number of rotatable bonds is 2. The summed E-state index contributed by atoms with van der Waals surface area (Å²) in [4.78, 5) is 21.1. The smallest absolute Gasteiger partial charge is 0.270 e. The van der Waals surface area contributed by atoms with Crippen LogP contribution >= 0.6 is 0 Å². The summed E-state index contributed by atoms with van der Waals surface area (Å²) in [6, 6.07) is 4.60. The average molecular weight is 250 g/mol. The number of aldehydes is 1. The first kappa shape index (κ1) is 13.9. The zero-order valence-electron chi connectivity index (χ0n) is 10.4. The molecule has 0 aliphatic carbocycles. The van der Waals surface area contributed by atoms with Crippen LogP contribution in [-0.2, 0) is 7.05 Å². The maximum atomic E-state index is 10.9. The first-order valence-corrected chi connectivity index (χ1v) is 5.19. The predicted molar refractivity (Wildman–Crippen MR) is 67.8 cm³/mol. The summed E-state index contributed by atoms with van der Waals surface area (Å²) in [5.74, 6) is 0. The second-order valence-corrected chi connectivity index (χ2v) is 3.65. The van der Waals surface area contributed by atoms with Crippen LogP contribution in [0, 0.1) is 17.0 Å². The molecule has 6 nitrogen and oxygen atoms in total. The lowest BCUT2D eigenvalue weighted by Crippen LogP contribution is -1.94. The molecule has 6 heteroatoms. The molecule has 0 amide bonds. The SMILES string of the molecule is CO.Cc1c(C=O)n(C)c2ccc([N+](=O)[O-])cc12. The zero-order valence-corrected chi connectivity index (χ0v) is 10.4. The van der Waals surface area contributed by atoms with Crippen LogP contribution in [0.4, 0.5) is 5.69 Å². The van der Waals surface area contributed by atoms with Gasteiger partial charge in [-0.2, -0.15) is 0 Å². The lowest BCUT2D eigenvalue weighted by Gasteiger charge is -1.97. The van der Waals surface area contributed by atoms with Crippen molar-refractivity contribution < 1.29 is 14.8 Å². The van der Waals surface area contributed by atoms with E-state index in [-0.39, 0.29) is 5.69 Å². The van der Waals surface area contributed by atoms with Crippen LogP contribution < -0.4 is 0 Å². The van der Waals surface area contributed by atoms with Crippen LogP contribution in [0.2, 0.25) is 0 Å². The topological polar surface area (TPSA) is 85.4 Å². The summed E-state index contributed by atoms with van der Waals surface area (Å²) >= 11 is 0. The molecule has 0 spiro atoms. The van der Waals surface area contributed by atoms with Gasteiger partial charge in [-0.25, -0.2) is 0 Å². The van der Waals surface area contributed by atoms with Crippen molar-refractivity contribution in [3.05, 3.63) is 39.6 Å². The quantitative estimate of drug-likeness (QED) is 0.500. The van der Waals surface area contributed by atoms with Crippen LogP contribution in [0.15, 0.2) is 18.2 Å². The highest BCUT2D eigenvalue weighted by molar-refractivity contribution is 5.94. The summed E-state index contributed by atoms with van der Waals surface area (Å²) in [5.41, 5.74) is 2.19. The second kappa shape index (κ2) is 5.42. The van der Waals surface area contributed by atoms with Crippen LogP contribution in [0.1, 0.15) is 16.1 Å². The highest BCUT2D eigenvalue weighted by Gasteiger charge is 2.14. The van der Waals surface area contributed by atoms with Gasteiger partial charge in [0.2, 0.25) is 0 Å². The molecule has 0 saturated heterocycles. The maximum Gasteiger partial charge on any atom is 0.270 e. The fraction of sp³-hybridized carbons (Fsp3) is 0.250. The predicted octanol–water partition coefficient (Wildman–Crippen LogP) is 1.82. The van der Waals surface area contributed by atoms with E-state index in [1.165, 1.54) is 12.1 Å². The van der Waals surface area contributed by atoms with Crippen molar-refractivity contribution in [3.63, 3.8) is 0 Å². The highest BCUT2D eigenvalue weighted by atomic mass is 16.6. The number of fused-ring (bicyclic) bond motifs is 1. The number of carbonyl (C=O) groups is 1. The van der Waals surface area contributed by atoms with E-state index in [0.717, 1.165) is 29.9 Å². The molecule has 18 heavy (non-hydrogen) atoms. The zero-order chi connectivity index (χ0) is 13.9. The van der Waals surface area contributed by atoms with E-state index in [4.69, 9.17) is 5.11 Å². The summed E-state index contributed by atoms with van der Waals surface area (Å²) in [6.07, 6.45) is 0.765. The summed E-state index contributed by atoms with van der Waals surface area (Å²) in [5, 5.41) is 18.4. The van der Waals surface area contributed by atoms with Gasteiger partial charge in [0.25, 0.3) is 5.69 Å². The molecule has 0 fully saturated rings. The van der Waals surface area contributed by atoms with Gasteiger partial charge >= 0.3 is 0 Å². The van der Waals surface area contributed by atoms with E-state index in [1.807, 2.05) is 0 Å². The third-order valence-electron chi connectivity index (χ3n) is 2.81. The van der Waals surface area contributed by atoms with Crippen molar-refractivity contribution in [3.8, 4) is 0 Å². The standard InChI is InChI=1S/C11H10N2O3.CH4O/c1-7-9-5-8(13(15)16)3-4-10(9)12(2)11(7)6-14;1-2/h3-6H,1-2H3;2H,1H3. The van der Waals surface area contributed by atoms with E-state index < -0.39 is 4.92 Å². The number of aromatic nitrogens is 1. The Bertz CT molecular complexity index is 602. The van der Waals surface area contributed by atoms with Crippen LogP contribution in [0.25, 0.3) is 10.9 Å². The molecule has 2 aromatic rings. The molecule has 1 aromatic carbocycles. The van der Waals surface area contributed by atoms with E-state index in [2.05, 4.69) is 0 Å². The number of aryl methyl sites for hydroxylation is 2. The lowest BCUT2D eigenvalue weighted by molar-refractivity contribution is -0.384. The van der Waals surface area contributed by atoms with Gasteiger partial charge in [0.15, 0.2) is 6.29 Å². The number of non-ortho nitro benzene ring substituents is 1. The van der Waals surface area contributed by atoms with Gasteiger partial charge in [-0.1, -0.05) is 0 Å². The molecule has 96 valence electrons. The van der Waals surface area contributed by atoms with Crippen LogP contribution in [0.5, 0.6) is 0 Å². The molecule has 0 radical (unpaired) electrons. The maximum absolute atomic E-state index is 10.9. The van der Waals surface area contributed by atoms with Gasteiger partial charge in [0.1, 0.15) is 0 Å². The first-order chi connectivity index (χ1) is 8.56. The highest BCUT2D eigenvalue weighted by Crippen LogP contribution is 2.27. The molecule has 2 rings (SSSR count). The van der Waals surface area contributed by atoms with Crippen LogP contribution in [0.3, 0.4) is 0 Å². The Balaban J connectivity index is 0.000000771. The minimum absolute atomic E-state index is 0.0404. The van der Waals surface area contributed by atoms with Crippen molar-refractivity contribution >= 4 is 22.9 Å². The molecular formula is C12H14N2O4. The Kier molecular flexibility index (Phi) is 4.17. The fourth-order valence-corrected chi connectivity index (χ4v) is 1.92. The number of nitro benzene ring substituents is 1. The Labute approximate surface area is 104 Å². The third kappa shape index (κ3) is 2.10. The minimum Gasteiger partial charge on any atom is -0.400 e. The minimum atomic E-state index is -0.438. The number of aliphatic hydroxyl groups excluding tert-OH is 1. The molecule has 0 unspecified atom stereocenters. The van der Waals surface area contributed by atoms with E-state index in [9.17, 15) is 14.9 Å². The number of carbonyl (C=O) groups excluding carboxylic acids is 1. The largest absolute Gasteiger partial charge is 0.400 e. The first-order valence-electron chi connectivity index (χ1n) is 5.19. The Morgan fingerprint density at radius 3 is 2.50 bits per heavy atom. The number of hydrogen-bond donors (Lipinski definition) is 1. The Morgan fingerprint density at radius 1 is 1.39 bits per heavy atom. The van der Waals surface area contributed by atoms with Gasteiger partial charge in [-0.05, 0) is 18.6 Å². The number of nitro groups is 1. The molecule has 1 aromatic heterocycles. The summed E-state index contributed by atoms with van der Waals surface area (Å²) < 4.78 is 1.74. The van der Waals surface area contributed by atoms with Gasteiger partial charge in [-0.3, -0.25) is 14.9 Å². The number of nitrogens with zero attached hydrogens (tertiary/aromatic N) is 2. The number of hydrogen-bond acceptors (Lipinski definition) is 4. The Hall–Kier alpha value is -2.21. The van der Waals surface area contributed by atoms with Crippen molar-refractivity contribution in [2.24, 2.45) is 7.05 Å². The third-order valence-corrected chi connectivity index (χ3v) is 2.81. The fourth-order valence-electron chi connectivity index (χ4n) is 1.92. The van der Waals surface area contributed by atoms with Crippen molar-refractivity contribution in [2.45, 2.75) is 6.92 Å². The van der Waals surface area contributed by atoms with E-state index in [1.54, 1.807) is 24.6 Å². The molecule has 0 saturated carbocycles. The monoisotopic (exact) mass is 250 g/mol. The average Bonchev–Trinajstić information content (AvgIpc) is 2.63. The van der Waals surface area contributed by atoms with E-state index in [0.29, 0.717) is 5.69 Å². The molecular weight excluding hydrogens is 236 g/mol. The van der Waals surface area contributed by atoms with E-state index >= 15 is 0 Å². The second-order valence-electron chi connectivity index (χ2n) is 3.65. The number of benzene rings is 1. The van der Waals surface area contributed by atoms with Gasteiger partial charge in [0.05, 0.1) is 10.6 Å². The Morgan fingerprint density at radius 2 is 2.00 bits per heavy atom. The molecule has 0 aliphatic heterocycles. The normalized spacial score (nSPS) is 9.78. The summed E-state index contributed by atoms with van der Waals surface area (Å²) in [6.45, 7) is 1.79. The molecule has 0 aliphatic rings. The molecule has 1 N–H and O–H groups in total. The van der Waals surface area contributed by atoms with Crippen molar-refractivity contribution in [2.75, 3.05) is 7.11 Å². The molecule has 0 bridgehead atoms. The summed E-state index contributed by atoms with van der Waals surface area (Å²) in [7, 11) is 2.77. The number of aliphatic hydroxyl groups is 1. The molecule has 1 heterocycles. The van der Waals surface area contributed by atoms with Crippen molar-refractivity contribution in [1.29, 1.82) is 0 Å². The van der Waals surface area contributed by atoms with Gasteiger partial charge < -0.3 is 9.67 Å². The van der Waals surface area contributed by atoms with Gasteiger partial charge in [-0.15, -0.1) is 0 Å². The van der Waals surface area contributed by atoms with Crippen LogP contribution in [-0.4, -0.2) is 28.0 Å². The van der Waals surface area contributed by atoms with Crippen molar-refractivity contribution in [1.82, 2.24) is 4.57 Å². The molecule has 0 atom stereocenters.